The van der Waals surface area contributed by atoms with Crippen LogP contribution in [-0.4, -0.2) is 10.2 Å². The Labute approximate surface area is 72.1 Å². The molecule has 0 aliphatic heterocycles. The largest absolute Gasteiger partial charge is 0.0894 e. The van der Waals surface area contributed by atoms with Crippen molar-refractivity contribution >= 4 is 21.8 Å². The maximum atomic E-state index is 6.08. The van der Waals surface area contributed by atoms with Gasteiger partial charge in [-0.15, -0.1) is 0 Å². The highest BCUT2D eigenvalue weighted by atomic mass is 35.5. The van der Waals surface area contributed by atoms with Crippen molar-refractivity contribution in [2.45, 2.75) is 27.7 Å². The van der Waals surface area contributed by atoms with E-state index in [1.54, 1.807) is 0 Å². The van der Waals surface area contributed by atoms with E-state index in [4.69, 9.17) is 11.6 Å². The summed E-state index contributed by atoms with van der Waals surface area (Å²) in [6.07, 6.45) is 0. The Balaban J connectivity index is 4.34. The molecule has 0 rings (SSSR count). The van der Waals surface area contributed by atoms with Crippen LogP contribution in [0.15, 0.2) is 10.2 Å². The van der Waals surface area contributed by atoms with Crippen molar-refractivity contribution in [3.8, 4) is 0 Å². The second-order valence-electron chi connectivity index (χ2n) is 3.34. The van der Waals surface area contributed by atoms with Crippen molar-refractivity contribution in [3.05, 3.63) is 10.2 Å². The summed E-state index contributed by atoms with van der Waals surface area (Å²) in [6.45, 7) is 8.69. The van der Waals surface area contributed by atoms with E-state index in [1.807, 2.05) is 0 Å². The molecule has 2 heteroatoms. The van der Waals surface area contributed by atoms with Crippen LogP contribution in [0.25, 0.3) is 0 Å². The minimum atomic E-state index is 0.511. The predicted octanol–water partition coefficient (Wildman–Crippen LogP) is 2.11. The Morgan fingerprint density at radius 1 is 1.10 bits per heavy atom. The Hall–Kier alpha value is 0.247. The van der Waals surface area contributed by atoms with Gasteiger partial charge in [-0.25, -0.2) is 0 Å². The zero-order chi connectivity index (χ0) is 8.31. The summed E-state index contributed by atoms with van der Waals surface area (Å²) in [5, 5.41) is 2.54. The van der Waals surface area contributed by atoms with E-state index in [-0.39, 0.29) is 0 Å². The lowest BCUT2D eigenvalue weighted by molar-refractivity contribution is 0.753. The molecule has 0 atom stereocenters. The van der Waals surface area contributed by atoms with Crippen LogP contribution in [0.2, 0.25) is 0 Å². The molecule has 0 radical (unpaired) electrons. The summed E-state index contributed by atoms with van der Waals surface area (Å²) in [6, 6.07) is 0. The van der Waals surface area contributed by atoms with E-state index in [0.29, 0.717) is 11.8 Å². The fourth-order valence-electron chi connectivity index (χ4n) is 0.731. The first-order valence-corrected chi connectivity index (χ1v) is 5.20. The lowest BCUT2D eigenvalue weighted by Gasteiger charge is -2.11. The van der Waals surface area contributed by atoms with Crippen LogP contribution in [0.5, 0.6) is 0 Å². The van der Waals surface area contributed by atoms with E-state index in [1.165, 1.54) is 5.20 Å². The first-order valence-electron chi connectivity index (χ1n) is 3.83. The molecular formula is C8H17ClSi. The molecule has 0 amide bonds. The molecule has 0 N–H and O–H groups in total. The summed E-state index contributed by atoms with van der Waals surface area (Å²) in [5.74, 6) is 1.15. The van der Waals surface area contributed by atoms with Gasteiger partial charge in [-0.05, 0) is 11.8 Å². The molecule has 0 aliphatic rings. The third-order valence-electron chi connectivity index (χ3n) is 1.75. The van der Waals surface area contributed by atoms with Crippen molar-refractivity contribution in [1.82, 2.24) is 0 Å². The predicted molar refractivity (Wildman–Crippen MR) is 52.5 cm³/mol. The molecule has 0 fully saturated rings. The van der Waals surface area contributed by atoms with Gasteiger partial charge >= 0.3 is 0 Å². The maximum absolute atomic E-state index is 6.08. The van der Waals surface area contributed by atoms with Gasteiger partial charge < -0.3 is 0 Å². The topological polar surface area (TPSA) is 0 Å². The highest BCUT2D eigenvalue weighted by Crippen LogP contribution is 2.21. The third kappa shape index (κ3) is 2.89. The van der Waals surface area contributed by atoms with Crippen LogP contribution in [0, 0.1) is 11.8 Å². The van der Waals surface area contributed by atoms with Gasteiger partial charge in [-0.2, -0.15) is 0 Å². The quantitative estimate of drug-likeness (QED) is 0.566. The standard InChI is InChI=1S/C8H17ClSi/c1-5(2)7(9)8(10)6(3)4/h5-6H,1-4,10H3. The Morgan fingerprint density at radius 3 is 1.60 bits per heavy atom. The van der Waals surface area contributed by atoms with Gasteiger partial charge in [0.25, 0.3) is 0 Å². The van der Waals surface area contributed by atoms with Crippen LogP contribution >= 0.6 is 11.6 Å². The lowest BCUT2D eigenvalue weighted by Crippen LogP contribution is -2.00. The second kappa shape index (κ2) is 4.19. The highest BCUT2D eigenvalue weighted by molar-refractivity contribution is 6.36. The zero-order valence-electron chi connectivity index (χ0n) is 7.53. The van der Waals surface area contributed by atoms with E-state index in [9.17, 15) is 0 Å². The number of hydrogen-bond acceptors (Lipinski definition) is 0. The van der Waals surface area contributed by atoms with Crippen LogP contribution in [0.3, 0.4) is 0 Å². The van der Waals surface area contributed by atoms with E-state index in [2.05, 4.69) is 27.7 Å². The Morgan fingerprint density at radius 2 is 1.50 bits per heavy atom. The van der Waals surface area contributed by atoms with Gasteiger partial charge in [-0.3, -0.25) is 0 Å². The van der Waals surface area contributed by atoms with Gasteiger partial charge in [0.05, 0.1) is 0 Å². The smallest absolute Gasteiger partial charge is 0.0351 e. The molecule has 0 aromatic rings. The van der Waals surface area contributed by atoms with Gasteiger partial charge in [0, 0.05) is 15.3 Å². The monoisotopic (exact) mass is 176 g/mol. The van der Waals surface area contributed by atoms with Gasteiger partial charge in [0.2, 0.25) is 0 Å². The molecule has 0 unspecified atom stereocenters. The molecule has 0 saturated heterocycles. The number of halogens is 1. The molecular weight excluding hydrogens is 160 g/mol. The van der Waals surface area contributed by atoms with Crippen LogP contribution in [-0.2, 0) is 0 Å². The van der Waals surface area contributed by atoms with Crippen molar-refractivity contribution in [1.29, 1.82) is 0 Å². The summed E-state index contributed by atoms with van der Waals surface area (Å²) in [7, 11) is 1.10. The Kier molecular flexibility index (Phi) is 4.30. The lowest BCUT2D eigenvalue weighted by atomic mass is 10.1. The van der Waals surface area contributed by atoms with E-state index < -0.39 is 0 Å². The molecule has 0 aromatic carbocycles. The Bertz CT molecular complexity index is 120. The summed E-state index contributed by atoms with van der Waals surface area (Å²) < 4.78 is 0. The minimum Gasteiger partial charge on any atom is -0.0894 e. The summed E-state index contributed by atoms with van der Waals surface area (Å²) in [5.41, 5.74) is 0. The van der Waals surface area contributed by atoms with Crippen molar-refractivity contribution in [2.24, 2.45) is 11.8 Å². The van der Waals surface area contributed by atoms with Gasteiger partial charge in [0.1, 0.15) is 0 Å². The number of rotatable bonds is 2. The zero-order valence-corrected chi connectivity index (χ0v) is 10.3. The average molecular weight is 177 g/mol. The van der Waals surface area contributed by atoms with Crippen LogP contribution < -0.4 is 0 Å². The molecule has 10 heavy (non-hydrogen) atoms. The summed E-state index contributed by atoms with van der Waals surface area (Å²) in [4.78, 5) is 0. The molecule has 0 aromatic heterocycles. The van der Waals surface area contributed by atoms with Crippen LogP contribution in [0.1, 0.15) is 27.7 Å². The van der Waals surface area contributed by atoms with Crippen molar-refractivity contribution in [3.63, 3.8) is 0 Å². The number of hydrogen-bond donors (Lipinski definition) is 0. The maximum Gasteiger partial charge on any atom is 0.0351 e. The SMILES string of the molecule is CC(C)C([SiH3])=C(Cl)C(C)C. The minimum absolute atomic E-state index is 0.511. The van der Waals surface area contributed by atoms with Gasteiger partial charge in [-0.1, -0.05) is 44.5 Å². The molecule has 0 bridgehead atoms. The van der Waals surface area contributed by atoms with E-state index >= 15 is 0 Å². The normalized spacial score (nSPS) is 14.7. The fraction of sp³-hybridized carbons (Fsp3) is 0.750. The van der Waals surface area contributed by atoms with E-state index in [0.717, 1.165) is 15.3 Å². The number of allylic oxidation sites excluding steroid dienone is 2. The molecule has 0 aliphatic carbocycles. The highest BCUT2D eigenvalue weighted by Gasteiger charge is 2.06. The van der Waals surface area contributed by atoms with Crippen molar-refractivity contribution < 1.29 is 0 Å². The summed E-state index contributed by atoms with van der Waals surface area (Å²) >= 11 is 6.08. The average Bonchev–Trinajstić information content (AvgIpc) is 1.84. The molecule has 0 saturated carbocycles. The first kappa shape index (κ1) is 10.2. The van der Waals surface area contributed by atoms with Crippen molar-refractivity contribution in [2.75, 3.05) is 0 Å². The van der Waals surface area contributed by atoms with Crippen LogP contribution in [0.4, 0.5) is 0 Å². The molecule has 0 heterocycles. The molecule has 0 nitrogen and oxygen atoms in total. The molecule has 60 valence electrons. The first-order chi connectivity index (χ1) is 4.46. The van der Waals surface area contributed by atoms with Gasteiger partial charge in [0.15, 0.2) is 0 Å². The second-order valence-corrected chi connectivity index (χ2v) is 4.82. The third-order valence-corrected chi connectivity index (χ3v) is 4.49. The fourth-order valence-corrected chi connectivity index (χ4v) is 1.53. The molecule has 0 spiro atoms.